The molecule has 118 valence electrons. The maximum Gasteiger partial charge on any atom is 0.266 e. The van der Waals surface area contributed by atoms with Crippen LogP contribution in [0.25, 0.3) is 5.69 Å². The normalized spacial score (nSPS) is 13.5. The van der Waals surface area contributed by atoms with Gasteiger partial charge in [-0.3, -0.25) is 9.59 Å². The minimum Gasteiger partial charge on any atom is -0.318 e. The van der Waals surface area contributed by atoms with Crippen LogP contribution in [0.15, 0.2) is 60.7 Å². The summed E-state index contributed by atoms with van der Waals surface area (Å²) in [6.07, 6.45) is 0. The SMILES string of the molecule is Cc1ccc(C)n1-c1cccc(N2C(=O)c3ccccc3C2=O)c1. The minimum absolute atomic E-state index is 0.270. The molecule has 4 rings (SSSR count). The summed E-state index contributed by atoms with van der Waals surface area (Å²) in [5, 5.41) is 0. The number of rotatable bonds is 2. The number of fused-ring (bicyclic) bond motifs is 1. The highest BCUT2D eigenvalue weighted by Gasteiger charge is 2.36. The van der Waals surface area contributed by atoms with E-state index in [-0.39, 0.29) is 11.8 Å². The molecule has 0 bridgehead atoms. The molecule has 1 aliphatic heterocycles. The number of aromatic nitrogens is 1. The third kappa shape index (κ3) is 2.00. The fourth-order valence-electron chi connectivity index (χ4n) is 3.27. The Balaban J connectivity index is 1.81. The third-order valence-corrected chi connectivity index (χ3v) is 4.41. The molecule has 0 saturated carbocycles. The van der Waals surface area contributed by atoms with Gasteiger partial charge in [0, 0.05) is 17.1 Å². The van der Waals surface area contributed by atoms with Gasteiger partial charge in [-0.2, -0.15) is 0 Å². The van der Waals surface area contributed by atoms with Crippen molar-refractivity contribution in [2.45, 2.75) is 13.8 Å². The summed E-state index contributed by atoms with van der Waals surface area (Å²) in [4.78, 5) is 26.5. The third-order valence-electron chi connectivity index (χ3n) is 4.41. The van der Waals surface area contributed by atoms with Crippen LogP contribution >= 0.6 is 0 Å². The molecule has 2 heterocycles. The molecule has 4 nitrogen and oxygen atoms in total. The summed E-state index contributed by atoms with van der Waals surface area (Å²) >= 11 is 0. The van der Waals surface area contributed by atoms with Crippen LogP contribution in [0.5, 0.6) is 0 Å². The molecular weight excluding hydrogens is 300 g/mol. The van der Waals surface area contributed by atoms with Crippen LogP contribution in [-0.4, -0.2) is 16.4 Å². The number of imide groups is 1. The van der Waals surface area contributed by atoms with Gasteiger partial charge >= 0.3 is 0 Å². The molecule has 2 amide bonds. The molecule has 1 aliphatic rings. The number of carbonyl (C=O) groups is 2. The van der Waals surface area contributed by atoms with Crippen molar-refractivity contribution >= 4 is 17.5 Å². The Kier molecular flexibility index (Phi) is 3.13. The minimum atomic E-state index is -0.270. The molecule has 1 aromatic heterocycles. The van der Waals surface area contributed by atoms with Crippen LogP contribution in [-0.2, 0) is 0 Å². The fourth-order valence-corrected chi connectivity index (χ4v) is 3.27. The topological polar surface area (TPSA) is 42.3 Å². The number of hydrogen-bond acceptors (Lipinski definition) is 2. The van der Waals surface area contributed by atoms with E-state index in [4.69, 9.17) is 0 Å². The molecule has 0 saturated heterocycles. The zero-order valence-corrected chi connectivity index (χ0v) is 13.5. The van der Waals surface area contributed by atoms with Crippen molar-refractivity contribution in [1.82, 2.24) is 4.57 Å². The number of nitrogens with zero attached hydrogens (tertiary/aromatic N) is 2. The van der Waals surface area contributed by atoms with Gasteiger partial charge in [0.25, 0.3) is 11.8 Å². The molecule has 0 N–H and O–H groups in total. The molecular formula is C20H16N2O2. The molecule has 0 aliphatic carbocycles. The Hall–Kier alpha value is -3.14. The highest BCUT2D eigenvalue weighted by molar-refractivity contribution is 6.34. The Labute approximate surface area is 140 Å². The van der Waals surface area contributed by atoms with Gasteiger partial charge in [-0.05, 0) is 56.3 Å². The second-order valence-electron chi connectivity index (χ2n) is 5.96. The predicted molar refractivity (Wildman–Crippen MR) is 92.8 cm³/mol. The zero-order valence-electron chi connectivity index (χ0n) is 13.5. The van der Waals surface area contributed by atoms with Crippen molar-refractivity contribution in [3.05, 3.63) is 83.2 Å². The maximum atomic E-state index is 12.6. The molecule has 0 atom stereocenters. The van der Waals surface area contributed by atoms with Gasteiger partial charge in [0.05, 0.1) is 16.8 Å². The summed E-state index contributed by atoms with van der Waals surface area (Å²) in [6, 6.07) is 18.5. The van der Waals surface area contributed by atoms with E-state index < -0.39 is 0 Å². The van der Waals surface area contributed by atoms with Crippen LogP contribution in [0.1, 0.15) is 32.1 Å². The first kappa shape index (κ1) is 14.5. The monoisotopic (exact) mass is 316 g/mol. The van der Waals surface area contributed by atoms with Gasteiger partial charge in [-0.25, -0.2) is 4.90 Å². The maximum absolute atomic E-state index is 12.6. The second kappa shape index (κ2) is 5.20. The summed E-state index contributed by atoms with van der Waals surface area (Å²) < 4.78 is 2.10. The molecule has 2 aromatic carbocycles. The van der Waals surface area contributed by atoms with E-state index in [1.807, 2.05) is 44.2 Å². The van der Waals surface area contributed by atoms with Crippen molar-refractivity contribution in [2.24, 2.45) is 0 Å². The van der Waals surface area contributed by atoms with E-state index in [2.05, 4.69) is 4.57 Å². The summed E-state index contributed by atoms with van der Waals surface area (Å²) in [5.74, 6) is -0.539. The lowest BCUT2D eigenvalue weighted by atomic mass is 10.1. The lowest BCUT2D eigenvalue weighted by Gasteiger charge is -2.16. The van der Waals surface area contributed by atoms with Crippen LogP contribution in [0, 0.1) is 13.8 Å². The Morgan fingerprint density at radius 3 is 1.79 bits per heavy atom. The van der Waals surface area contributed by atoms with Gasteiger partial charge in [0.1, 0.15) is 0 Å². The molecule has 0 spiro atoms. The summed E-state index contributed by atoms with van der Waals surface area (Å²) in [6.45, 7) is 4.06. The number of benzene rings is 2. The highest BCUT2D eigenvalue weighted by atomic mass is 16.2. The lowest BCUT2D eigenvalue weighted by Crippen LogP contribution is -2.29. The fraction of sp³-hybridized carbons (Fsp3) is 0.100. The number of hydrogen-bond donors (Lipinski definition) is 0. The Bertz CT molecular complexity index is 930. The number of amides is 2. The van der Waals surface area contributed by atoms with E-state index in [1.54, 1.807) is 30.3 Å². The van der Waals surface area contributed by atoms with Crippen molar-refractivity contribution in [3.8, 4) is 5.69 Å². The summed E-state index contributed by atoms with van der Waals surface area (Å²) in [7, 11) is 0. The number of anilines is 1. The van der Waals surface area contributed by atoms with Crippen molar-refractivity contribution in [1.29, 1.82) is 0 Å². The second-order valence-corrected chi connectivity index (χ2v) is 5.96. The van der Waals surface area contributed by atoms with Crippen molar-refractivity contribution < 1.29 is 9.59 Å². The molecule has 0 fully saturated rings. The van der Waals surface area contributed by atoms with Gasteiger partial charge < -0.3 is 4.57 Å². The van der Waals surface area contributed by atoms with Crippen LogP contribution < -0.4 is 4.90 Å². The van der Waals surface area contributed by atoms with E-state index in [0.717, 1.165) is 17.1 Å². The molecule has 0 unspecified atom stereocenters. The van der Waals surface area contributed by atoms with E-state index in [9.17, 15) is 9.59 Å². The smallest absolute Gasteiger partial charge is 0.266 e. The standard InChI is InChI=1S/C20H16N2O2/c1-13-10-11-14(2)21(13)15-6-5-7-16(12-15)22-19(23)17-8-3-4-9-18(17)20(22)24/h3-12H,1-2H3. The average Bonchev–Trinajstić information content (AvgIpc) is 3.05. The van der Waals surface area contributed by atoms with Gasteiger partial charge in [-0.1, -0.05) is 18.2 Å². The van der Waals surface area contributed by atoms with E-state index in [0.29, 0.717) is 16.8 Å². The van der Waals surface area contributed by atoms with E-state index >= 15 is 0 Å². The number of carbonyl (C=O) groups excluding carboxylic acids is 2. The van der Waals surface area contributed by atoms with Gasteiger partial charge in [0.15, 0.2) is 0 Å². The quantitative estimate of drug-likeness (QED) is 0.673. The van der Waals surface area contributed by atoms with Crippen LogP contribution in [0.4, 0.5) is 5.69 Å². The van der Waals surface area contributed by atoms with Crippen LogP contribution in [0.2, 0.25) is 0 Å². The van der Waals surface area contributed by atoms with Crippen molar-refractivity contribution in [3.63, 3.8) is 0 Å². The summed E-state index contributed by atoms with van der Waals surface area (Å²) in [5.41, 5.74) is 4.65. The Morgan fingerprint density at radius 2 is 1.21 bits per heavy atom. The largest absolute Gasteiger partial charge is 0.318 e. The highest BCUT2D eigenvalue weighted by Crippen LogP contribution is 2.30. The van der Waals surface area contributed by atoms with Gasteiger partial charge in [-0.15, -0.1) is 0 Å². The predicted octanol–water partition coefficient (Wildman–Crippen LogP) is 3.89. The van der Waals surface area contributed by atoms with E-state index in [1.165, 1.54) is 4.90 Å². The molecule has 0 radical (unpaired) electrons. The Morgan fingerprint density at radius 1 is 0.667 bits per heavy atom. The van der Waals surface area contributed by atoms with Gasteiger partial charge in [0.2, 0.25) is 0 Å². The number of aryl methyl sites for hydroxylation is 2. The van der Waals surface area contributed by atoms with Crippen molar-refractivity contribution in [2.75, 3.05) is 4.90 Å². The molecule has 4 heteroatoms. The lowest BCUT2D eigenvalue weighted by molar-refractivity contribution is 0.0926. The first-order chi connectivity index (χ1) is 11.6. The average molecular weight is 316 g/mol. The zero-order chi connectivity index (χ0) is 16.8. The molecule has 24 heavy (non-hydrogen) atoms. The first-order valence-corrected chi connectivity index (χ1v) is 7.81. The molecule has 3 aromatic rings. The van der Waals surface area contributed by atoms with Crippen LogP contribution in [0.3, 0.4) is 0 Å². The first-order valence-electron chi connectivity index (χ1n) is 7.81.